The van der Waals surface area contributed by atoms with Gasteiger partial charge in [-0.2, -0.15) is 0 Å². The van der Waals surface area contributed by atoms with Crippen LogP contribution >= 0.6 is 11.3 Å². The van der Waals surface area contributed by atoms with E-state index in [0.29, 0.717) is 17.1 Å². The minimum atomic E-state index is -0.122. The van der Waals surface area contributed by atoms with Crippen molar-refractivity contribution in [3.63, 3.8) is 0 Å². The van der Waals surface area contributed by atoms with Crippen LogP contribution in [0, 0.1) is 0 Å². The molecule has 0 aliphatic carbocycles. The second kappa shape index (κ2) is 6.43. The second-order valence-electron chi connectivity index (χ2n) is 4.38. The van der Waals surface area contributed by atoms with Crippen molar-refractivity contribution in [2.75, 3.05) is 19.4 Å². The van der Waals surface area contributed by atoms with Crippen molar-refractivity contribution in [3.05, 3.63) is 35.2 Å². The molecule has 0 saturated carbocycles. The van der Waals surface area contributed by atoms with Gasteiger partial charge in [0.2, 0.25) is 0 Å². The van der Waals surface area contributed by atoms with E-state index in [2.05, 4.69) is 5.32 Å². The normalized spacial score (nSPS) is 10.3. The first-order valence-electron chi connectivity index (χ1n) is 6.47. The van der Waals surface area contributed by atoms with Crippen molar-refractivity contribution in [1.82, 2.24) is 5.32 Å². The fourth-order valence-electron chi connectivity index (χ4n) is 1.94. The second-order valence-corrected chi connectivity index (χ2v) is 5.29. The van der Waals surface area contributed by atoms with Crippen LogP contribution in [0.1, 0.15) is 23.7 Å². The van der Waals surface area contributed by atoms with Crippen molar-refractivity contribution in [3.8, 4) is 16.9 Å². The molecule has 1 amide bonds. The maximum absolute atomic E-state index is 12.2. The van der Waals surface area contributed by atoms with Crippen LogP contribution in [0.4, 0.5) is 5.00 Å². The summed E-state index contributed by atoms with van der Waals surface area (Å²) in [5.74, 6) is 0.635. The quantitative estimate of drug-likeness (QED) is 0.889. The van der Waals surface area contributed by atoms with E-state index < -0.39 is 0 Å². The zero-order chi connectivity index (χ0) is 14.5. The minimum absolute atomic E-state index is 0.122. The van der Waals surface area contributed by atoms with Gasteiger partial charge in [-0.05, 0) is 24.1 Å². The topological polar surface area (TPSA) is 64.3 Å². The van der Waals surface area contributed by atoms with Gasteiger partial charge in [-0.3, -0.25) is 4.79 Å². The van der Waals surface area contributed by atoms with Crippen LogP contribution in [0.5, 0.6) is 5.75 Å². The van der Waals surface area contributed by atoms with Gasteiger partial charge in [0.15, 0.2) is 0 Å². The smallest absolute Gasteiger partial charge is 0.254 e. The Balaban J connectivity index is 2.39. The summed E-state index contributed by atoms with van der Waals surface area (Å²) in [4.78, 5) is 12.2. The Morgan fingerprint density at radius 2 is 2.25 bits per heavy atom. The summed E-state index contributed by atoms with van der Waals surface area (Å²) in [6.45, 7) is 2.66. The number of hydrogen-bond acceptors (Lipinski definition) is 4. The Morgan fingerprint density at radius 1 is 1.45 bits per heavy atom. The lowest BCUT2D eigenvalue weighted by Crippen LogP contribution is -2.24. The lowest BCUT2D eigenvalue weighted by molar-refractivity contribution is 0.0955. The summed E-state index contributed by atoms with van der Waals surface area (Å²) in [6.07, 6.45) is 0.893. The minimum Gasteiger partial charge on any atom is -0.497 e. The lowest BCUT2D eigenvalue weighted by Gasteiger charge is -2.08. The molecule has 5 heteroatoms. The molecule has 2 aromatic rings. The van der Waals surface area contributed by atoms with Crippen LogP contribution in [-0.2, 0) is 0 Å². The number of nitrogen functional groups attached to an aromatic ring is 1. The van der Waals surface area contributed by atoms with E-state index in [1.807, 2.05) is 36.6 Å². The molecule has 106 valence electrons. The molecule has 0 aliphatic heterocycles. The Bertz CT molecular complexity index is 608. The third-order valence-electron chi connectivity index (χ3n) is 2.96. The first-order chi connectivity index (χ1) is 9.67. The molecule has 20 heavy (non-hydrogen) atoms. The van der Waals surface area contributed by atoms with E-state index in [1.165, 1.54) is 11.3 Å². The largest absolute Gasteiger partial charge is 0.497 e. The number of benzene rings is 1. The SMILES string of the molecule is CCCNC(=O)c1c(-c2cccc(OC)c2)csc1N. The summed E-state index contributed by atoms with van der Waals surface area (Å²) < 4.78 is 5.22. The van der Waals surface area contributed by atoms with Crippen molar-refractivity contribution < 1.29 is 9.53 Å². The van der Waals surface area contributed by atoms with Gasteiger partial charge < -0.3 is 15.8 Å². The highest BCUT2D eigenvalue weighted by molar-refractivity contribution is 7.15. The van der Waals surface area contributed by atoms with Gasteiger partial charge >= 0.3 is 0 Å². The van der Waals surface area contributed by atoms with Gasteiger partial charge in [-0.25, -0.2) is 0 Å². The van der Waals surface area contributed by atoms with Crippen LogP contribution in [0.15, 0.2) is 29.6 Å². The van der Waals surface area contributed by atoms with E-state index in [4.69, 9.17) is 10.5 Å². The van der Waals surface area contributed by atoms with Gasteiger partial charge in [-0.1, -0.05) is 19.1 Å². The summed E-state index contributed by atoms with van der Waals surface area (Å²) >= 11 is 1.38. The van der Waals surface area contributed by atoms with Gasteiger partial charge in [0.25, 0.3) is 5.91 Å². The number of ether oxygens (including phenoxy) is 1. The molecule has 3 N–H and O–H groups in total. The predicted molar refractivity (Wildman–Crippen MR) is 83.3 cm³/mol. The zero-order valence-corrected chi connectivity index (χ0v) is 12.4. The molecule has 1 aromatic carbocycles. The standard InChI is InChI=1S/C15H18N2O2S/c1-3-7-17-15(18)13-12(9-20-14(13)16)10-5-4-6-11(8-10)19-2/h4-6,8-9H,3,7,16H2,1-2H3,(H,17,18). The van der Waals surface area contributed by atoms with Crippen molar-refractivity contribution in [2.24, 2.45) is 0 Å². The van der Waals surface area contributed by atoms with Crippen LogP contribution in [0.2, 0.25) is 0 Å². The number of nitrogens with one attached hydrogen (secondary N) is 1. The number of carbonyl (C=O) groups is 1. The summed E-state index contributed by atoms with van der Waals surface area (Å²) in [5.41, 5.74) is 8.28. The molecule has 1 heterocycles. The van der Waals surface area contributed by atoms with Gasteiger partial charge in [0.1, 0.15) is 5.75 Å². The number of rotatable bonds is 5. The number of amides is 1. The number of anilines is 1. The number of methoxy groups -OCH3 is 1. The molecule has 0 fully saturated rings. The molecule has 0 spiro atoms. The Kier molecular flexibility index (Phi) is 4.63. The highest BCUT2D eigenvalue weighted by Crippen LogP contribution is 2.34. The van der Waals surface area contributed by atoms with Crippen molar-refractivity contribution >= 4 is 22.2 Å². The Morgan fingerprint density at radius 3 is 2.95 bits per heavy atom. The fraction of sp³-hybridized carbons (Fsp3) is 0.267. The first-order valence-corrected chi connectivity index (χ1v) is 7.35. The fourth-order valence-corrected chi connectivity index (χ4v) is 2.76. The zero-order valence-electron chi connectivity index (χ0n) is 11.6. The molecule has 0 radical (unpaired) electrons. The van der Waals surface area contributed by atoms with E-state index in [9.17, 15) is 4.79 Å². The van der Waals surface area contributed by atoms with E-state index in [1.54, 1.807) is 7.11 Å². The van der Waals surface area contributed by atoms with Crippen molar-refractivity contribution in [1.29, 1.82) is 0 Å². The molecular formula is C15H18N2O2S. The van der Waals surface area contributed by atoms with Crippen LogP contribution < -0.4 is 15.8 Å². The third kappa shape index (κ3) is 2.93. The first kappa shape index (κ1) is 14.4. The summed E-state index contributed by atoms with van der Waals surface area (Å²) in [5, 5.41) is 5.32. The number of thiophene rings is 1. The van der Waals surface area contributed by atoms with Crippen molar-refractivity contribution in [2.45, 2.75) is 13.3 Å². The lowest BCUT2D eigenvalue weighted by atomic mass is 10.0. The molecule has 0 aliphatic rings. The molecule has 2 rings (SSSR count). The molecule has 1 aromatic heterocycles. The number of nitrogens with two attached hydrogens (primary N) is 1. The Labute approximate surface area is 122 Å². The van der Waals surface area contributed by atoms with E-state index >= 15 is 0 Å². The van der Waals surface area contributed by atoms with Crippen LogP contribution in [-0.4, -0.2) is 19.6 Å². The molecule has 0 saturated heterocycles. The third-order valence-corrected chi connectivity index (χ3v) is 3.77. The molecular weight excluding hydrogens is 272 g/mol. The highest BCUT2D eigenvalue weighted by Gasteiger charge is 2.18. The number of carbonyl (C=O) groups excluding carboxylic acids is 1. The van der Waals surface area contributed by atoms with Crippen LogP contribution in [0.3, 0.4) is 0 Å². The average Bonchev–Trinajstić information content (AvgIpc) is 2.86. The Hall–Kier alpha value is -2.01. The highest BCUT2D eigenvalue weighted by atomic mass is 32.1. The van der Waals surface area contributed by atoms with Gasteiger partial charge in [0.05, 0.1) is 17.7 Å². The maximum atomic E-state index is 12.2. The van der Waals surface area contributed by atoms with Gasteiger partial charge in [0, 0.05) is 17.5 Å². The average molecular weight is 290 g/mol. The van der Waals surface area contributed by atoms with E-state index in [-0.39, 0.29) is 5.91 Å². The molecule has 0 atom stereocenters. The molecule has 0 unspecified atom stereocenters. The summed E-state index contributed by atoms with van der Waals surface area (Å²) in [6, 6.07) is 7.62. The summed E-state index contributed by atoms with van der Waals surface area (Å²) in [7, 11) is 1.62. The maximum Gasteiger partial charge on any atom is 0.254 e. The van der Waals surface area contributed by atoms with Gasteiger partial charge in [-0.15, -0.1) is 11.3 Å². The monoisotopic (exact) mass is 290 g/mol. The molecule has 4 nitrogen and oxygen atoms in total. The molecule has 0 bridgehead atoms. The number of hydrogen-bond donors (Lipinski definition) is 2. The predicted octanol–water partition coefficient (Wildman–Crippen LogP) is 3.15. The van der Waals surface area contributed by atoms with Crippen LogP contribution in [0.25, 0.3) is 11.1 Å². The van der Waals surface area contributed by atoms with E-state index in [0.717, 1.165) is 23.3 Å².